The first-order valence-electron chi connectivity index (χ1n) is 5.63. The minimum atomic E-state index is -0.0765. The maximum atomic E-state index is 11.5. The van der Waals surface area contributed by atoms with Crippen LogP contribution >= 0.6 is 0 Å². The number of aromatic nitrogens is 2. The van der Waals surface area contributed by atoms with Gasteiger partial charge in [-0.25, -0.2) is 4.68 Å². The van der Waals surface area contributed by atoms with Crippen molar-refractivity contribution in [3.63, 3.8) is 0 Å². The van der Waals surface area contributed by atoms with Gasteiger partial charge in [-0.15, -0.1) is 0 Å². The molecule has 0 bridgehead atoms. The lowest BCUT2D eigenvalue weighted by atomic mass is 9.82. The van der Waals surface area contributed by atoms with Gasteiger partial charge in [0.15, 0.2) is 0 Å². The second kappa shape index (κ2) is 4.31. The number of Topliss-reactive ketones (excluding diaryl/α,β-unsaturated/α-hetero) is 2. The normalized spacial score (nSPS) is 17.6. The van der Waals surface area contributed by atoms with Gasteiger partial charge >= 0.3 is 0 Å². The van der Waals surface area contributed by atoms with Crippen LogP contribution in [-0.2, 0) is 16.6 Å². The highest BCUT2D eigenvalue weighted by Gasteiger charge is 2.31. The minimum absolute atomic E-state index is 0.0107. The van der Waals surface area contributed by atoms with E-state index in [1.165, 1.54) is 0 Å². The number of aryl methyl sites for hydroxylation is 2. The molecule has 0 amide bonds. The summed E-state index contributed by atoms with van der Waals surface area (Å²) in [5, 5.41) is 4.28. The molecule has 92 valence electrons. The van der Waals surface area contributed by atoms with Crippen LogP contribution in [0, 0.1) is 6.92 Å². The molecule has 0 aliphatic heterocycles. The molecule has 0 radical (unpaired) electrons. The molecule has 0 N–H and O–H groups in total. The topological polar surface area (TPSA) is 61.2 Å². The largest absolute Gasteiger partial charge is 0.481 e. The van der Waals surface area contributed by atoms with E-state index in [1.807, 2.05) is 6.92 Å². The van der Waals surface area contributed by atoms with Gasteiger partial charge in [0.25, 0.3) is 0 Å². The van der Waals surface area contributed by atoms with Crippen molar-refractivity contribution in [2.75, 3.05) is 7.11 Å². The lowest BCUT2D eigenvalue weighted by Gasteiger charge is -2.20. The average molecular weight is 236 g/mol. The molecule has 1 aliphatic carbocycles. The molecule has 1 aliphatic rings. The monoisotopic (exact) mass is 236 g/mol. The summed E-state index contributed by atoms with van der Waals surface area (Å²) in [5.41, 5.74) is 1.73. The molecule has 1 aromatic heterocycles. The molecule has 1 fully saturated rings. The number of nitrogens with zero attached hydrogens (tertiary/aromatic N) is 2. The Kier molecular flexibility index (Phi) is 3.00. The fourth-order valence-electron chi connectivity index (χ4n) is 2.56. The fourth-order valence-corrected chi connectivity index (χ4v) is 2.56. The molecule has 17 heavy (non-hydrogen) atoms. The molecular formula is C12H16N2O3. The van der Waals surface area contributed by atoms with E-state index in [0.29, 0.717) is 18.7 Å². The zero-order valence-electron chi connectivity index (χ0n) is 10.3. The summed E-state index contributed by atoms with van der Waals surface area (Å²) in [5.74, 6) is 0.593. The number of hydrogen-bond donors (Lipinski definition) is 0. The van der Waals surface area contributed by atoms with Crippen LogP contribution in [0.5, 0.6) is 5.88 Å². The summed E-state index contributed by atoms with van der Waals surface area (Å²) in [6, 6.07) is 0. The third kappa shape index (κ3) is 2.09. The predicted octanol–water partition coefficient (Wildman–Crippen LogP) is 1.14. The van der Waals surface area contributed by atoms with Crippen molar-refractivity contribution < 1.29 is 14.3 Å². The highest BCUT2D eigenvalue weighted by atomic mass is 16.5. The molecular weight excluding hydrogens is 220 g/mol. The highest BCUT2D eigenvalue weighted by Crippen LogP contribution is 2.36. The van der Waals surface area contributed by atoms with E-state index < -0.39 is 0 Å². The number of carbonyl (C=O) groups excluding carboxylic acids is 2. The van der Waals surface area contributed by atoms with Crippen LogP contribution in [0.2, 0.25) is 0 Å². The standard InChI is InChI=1S/C12H16N2O3/c1-7-11(12(17-3)14(2)13-7)8-4-9(15)6-10(16)5-8/h8H,4-6H2,1-3H3. The van der Waals surface area contributed by atoms with Crippen LogP contribution in [0.3, 0.4) is 0 Å². The molecule has 0 saturated heterocycles. The van der Waals surface area contributed by atoms with Crippen molar-refractivity contribution in [1.29, 1.82) is 0 Å². The van der Waals surface area contributed by atoms with Gasteiger partial charge in [0.1, 0.15) is 11.6 Å². The Hall–Kier alpha value is -1.65. The number of ether oxygens (including phenoxy) is 1. The summed E-state index contributed by atoms with van der Waals surface area (Å²) >= 11 is 0. The maximum Gasteiger partial charge on any atom is 0.215 e. The van der Waals surface area contributed by atoms with Crippen LogP contribution in [0.15, 0.2) is 0 Å². The summed E-state index contributed by atoms with van der Waals surface area (Å²) < 4.78 is 6.95. The van der Waals surface area contributed by atoms with Gasteiger partial charge < -0.3 is 4.74 Å². The number of hydrogen-bond acceptors (Lipinski definition) is 4. The molecule has 1 saturated carbocycles. The van der Waals surface area contributed by atoms with Crippen molar-refractivity contribution in [2.24, 2.45) is 7.05 Å². The van der Waals surface area contributed by atoms with Gasteiger partial charge in [-0.1, -0.05) is 0 Å². The van der Waals surface area contributed by atoms with E-state index in [1.54, 1.807) is 18.8 Å². The first kappa shape index (κ1) is 11.8. The van der Waals surface area contributed by atoms with Crippen molar-refractivity contribution >= 4 is 11.6 Å². The van der Waals surface area contributed by atoms with E-state index in [2.05, 4.69) is 5.10 Å². The molecule has 1 aromatic rings. The van der Waals surface area contributed by atoms with Crippen LogP contribution in [0.4, 0.5) is 0 Å². The third-order valence-corrected chi connectivity index (χ3v) is 3.16. The third-order valence-electron chi connectivity index (χ3n) is 3.16. The summed E-state index contributed by atoms with van der Waals surface area (Å²) in [6.07, 6.45) is 0.904. The van der Waals surface area contributed by atoms with Gasteiger partial charge in [0, 0.05) is 31.4 Å². The van der Waals surface area contributed by atoms with Crippen molar-refractivity contribution in [3.8, 4) is 5.88 Å². The lowest BCUT2D eigenvalue weighted by molar-refractivity contribution is -0.130. The molecule has 5 heteroatoms. The second-order valence-corrected chi connectivity index (χ2v) is 4.49. The van der Waals surface area contributed by atoms with Gasteiger partial charge in [-0.2, -0.15) is 5.10 Å². The first-order valence-corrected chi connectivity index (χ1v) is 5.63. The Morgan fingerprint density at radius 2 is 1.88 bits per heavy atom. The molecule has 1 heterocycles. The average Bonchev–Trinajstić information content (AvgIpc) is 2.51. The van der Waals surface area contributed by atoms with Crippen LogP contribution in [0.1, 0.15) is 36.4 Å². The Bertz CT molecular complexity index is 460. The number of ketones is 2. The first-order chi connectivity index (χ1) is 8.02. The van der Waals surface area contributed by atoms with Gasteiger partial charge in [0.2, 0.25) is 5.88 Å². The van der Waals surface area contributed by atoms with Gasteiger partial charge in [-0.05, 0) is 6.92 Å². The predicted molar refractivity (Wildman–Crippen MR) is 61.1 cm³/mol. The Balaban J connectivity index is 2.39. The highest BCUT2D eigenvalue weighted by molar-refractivity contribution is 6.02. The Morgan fingerprint density at radius 1 is 1.29 bits per heavy atom. The number of carbonyl (C=O) groups is 2. The second-order valence-electron chi connectivity index (χ2n) is 4.49. The molecule has 0 aromatic carbocycles. The van der Waals surface area contributed by atoms with E-state index in [-0.39, 0.29) is 23.9 Å². The molecule has 0 atom stereocenters. The molecule has 0 unspecified atom stereocenters. The minimum Gasteiger partial charge on any atom is -0.481 e. The summed E-state index contributed by atoms with van der Waals surface area (Å²) in [4.78, 5) is 23.0. The van der Waals surface area contributed by atoms with E-state index in [0.717, 1.165) is 11.3 Å². The van der Waals surface area contributed by atoms with Crippen molar-refractivity contribution in [3.05, 3.63) is 11.3 Å². The van der Waals surface area contributed by atoms with E-state index in [9.17, 15) is 9.59 Å². The summed E-state index contributed by atoms with van der Waals surface area (Å²) in [7, 11) is 3.37. The smallest absolute Gasteiger partial charge is 0.215 e. The summed E-state index contributed by atoms with van der Waals surface area (Å²) in [6.45, 7) is 1.88. The quantitative estimate of drug-likeness (QED) is 0.722. The lowest BCUT2D eigenvalue weighted by Crippen LogP contribution is -2.21. The maximum absolute atomic E-state index is 11.5. The van der Waals surface area contributed by atoms with Crippen molar-refractivity contribution in [2.45, 2.75) is 32.1 Å². The van der Waals surface area contributed by atoms with E-state index in [4.69, 9.17) is 4.74 Å². The number of rotatable bonds is 2. The van der Waals surface area contributed by atoms with Gasteiger partial charge in [0.05, 0.1) is 19.2 Å². The molecule has 0 spiro atoms. The fraction of sp³-hybridized carbons (Fsp3) is 0.583. The van der Waals surface area contributed by atoms with E-state index >= 15 is 0 Å². The number of methoxy groups -OCH3 is 1. The van der Waals surface area contributed by atoms with Gasteiger partial charge in [-0.3, -0.25) is 9.59 Å². The Morgan fingerprint density at radius 3 is 2.41 bits per heavy atom. The van der Waals surface area contributed by atoms with Crippen LogP contribution < -0.4 is 4.74 Å². The Labute approximate surface area is 99.8 Å². The van der Waals surface area contributed by atoms with Crippen molar-refractivity contribution in [1.82, 2.24) is 9.78 Å². The van der Waals surface area contributed by atoms with Crippen LogP contribution in [-0.4, -0.2) is 28.5 Å². The molecule has 5 nitrogen and oxygen atoms in total. The van der Waals surface area contributed by atoms with Crippen LogP contribution in [0.25, 0.3) is 0 Å². The zero-order chi connectivity index (χ0) is 12.6. The SMILES string of the molecule is COc1c(C2CC(=O)CC(=O)C2)c(C)nn1C. The zero-order valence-corrected chi connectivity index (χ0v) is 10.3. The molecule has 2 rings (SSSR count).